The monoisotopic (exact) mass is 446 g/mol. The van der Waals surface area contributed by atoms with E-state index in [0.717, 1.165) is 25.3 Å². The number of esters is 2. The van der Waals surface area contributed by atoms with Gasteiger partial charge in [-0.25, -0.2) is 4.79 Å². The minimum Gasteiger partial charge on any atom is -0.504 e. The van der Waals surface area contributed by atoms with Crippen LogP contribution < -0.4 is 0 Å². The van der Waals surface area contributed by atoms with E-state index in [9.17, 15) is 19.8 Å². The summed E-state index contributed by atoms with van der Waals surface area (Å²) in [7, 11) is 0. The van der Waals surface area contributed by atoms with Crippen LogP contribution in [0, 0.1) is 0 Å². The molecule has 1 aromatic carbocycles. The Morgan fingerprint density at radius 1 is 0.750 bits per heavy atom. The van der Waals surface area contributed by atoms with Crippen LogP contribution in [0.15, 0.2) is 24.3 Å². The van der Waals surface area contributed by atoms with Crippen LogP contribution in [0.25, 0.3) is 6.08 Å². The number of carbonyl (C=O) groups is 2. The van der Waals surface area contributed by atoms with E-state index in [2.05, 4.69) is 6.92 Å². The molecule has 1 rings (SSSR count). The lowest BCUT2D eigenvalue weighted by molar-refractivity contribution is -0.156. The summed E-state index contributed by atoms with van der Waals surface area (Å²) in [6, 6.07) is 4.18. The van der Waals surface area contributed by atoms with Crippen LogP contribution in [0.5, 0.6) is 11.5 Å². The van der Waals surface area contributed by atoms with Crippen LogP contribution in [0.2, 0.25) is 0 Å². The van der Waals surface area contributed by atoms with Gasteiger partial charge in [0.15, 0.2) is 11.5 Å². The molecule has 2 N–H and O–H groups in total. The molecule has 0 amide bonds. The van der Waals surface area contributed by atoms with E-state index in [1.807, 2.05) is 0 Å². The summed E-state index contributed by atoms with van der Waals surface area (Å²) >= 11 is 0. The third kappa shape index (κ3) is 14.7. The van der Waals surface area contributed by atoms with Gasteiger partial charge in [-0.15, -0.1) is 0 Å². The first-order chi connectivity index (χ1) is 15.5. The van der Waals surface area contributed by atoms with E-state index in [4.69, 9.17) is 4.74 Å². The Balaban J connectivity index is 1.94. The maximum atomic E-state index is 11.7. The lowest BCUT2D eigenvalue weighted by Gasteiger charge is -2.03. The number of carbonyl (C=O) groups excluding carboxylic acids is 2. The van der Waals surface area contributed by atoms with Gasteiger partial charge in [-0.2, -0.15) is 0 Å². The van der Waals surface area contributed by atoms with Gasteiger partial charge in [-0.05, 0) is 30.2 Å². The third-order valence-corrected chi connectivity index (χ3v) is 5.61. The summed E-state index contributed by atoms with van der Waals surface area (Å²) in [6.07, 6.45) is 21.7. The average molecular weight is 447 g/mol. The predicted octanol–water partition coefficient (Wildman–Crippen LogP) is 7.44. The molecular formula is C27H42O5. The average Bonchev–Trinajstić information content (AvgIpc) is 2.77. The van der Waals surface area contributed by atoms with Gasteiger partial charge >= 0.3 is 11.9 Å². The standard InChI is InChI=1S/C27H42O5/c1-2-3-4-5-6-7-8-9-10-11-12-13-14-15-16-17-26(30)32-27(31)21-19-23-18-20-24(28)25(29)22-23/h18-22,28-29H,2-17H2,1H3/b21-19+. The summed E-state index contributed by atoms with van der Waals surface area (Å²) in [6.45, 7) is 2.26. The van der Waals surface area contributed by atoms with Crippen molar-refractivity contribution in [2.24, 2.45) is 0 Å². The minimum absolute atomic E-state index is 0.233. The summed E-state index contributed by atoms with van der Waals surface area (Å²) in [5.74, 6) is -1.75. The molecule has 32 heavy (non-hydrogen) atoms. The first-order valence-electron chi connectivity index (χ1n) is 12.5. The number of phenolic OH excluding ortho intramolecular Hbond substituents is 2. The van der Waals surface area contributed by atoms with Gasteiger partial charge in [0, 0.05) is 12.5 Å². The molecule has 0 saturated heterocycles. The lowest BCUT2D eigenvalue weighted by Crippen LogP contribution is -2.09. The molecule has 0 bridgehead atoms. The summed E-state index contributed by atoms with van der Waals surface area (Å²) < 4.78 is 4.77. The maximum Gasteiger partial charge on any atom is 0.338 e. The Labute approximate surface area is 193 Å². The van der Waals surface area contributed by atoms with Crippen molar-refractivity contribution >= 4 is 18.0 Å². The first-order valence-corrected chi connectivity index (χ1v) is 12.5. The van der Waals surface area contributed by atoms with Gasteiger partial charge in [-0.1, -0.05) is 103 Å². The van der Waals surface area contributed by atoms with Crippen molar-refractivity contribution in [3.63, 3.8) is 0 Å². The molecule has 180 valence electrons. The highest BCUT2D eigenvalue weighted by Gasteiger charge is 2.07. The number of aromatic hydroxyl groups is 2. The number of benzene rings is 1. The Kier molecular flexibility index (Phi) is 15.9. The molecule has 0 heterocycles. The molecule has 0 unspecified atom stereocenters. The molecule has 0 saturated carbocycles. The second kappa shape index (κ2) is 18.3. The Bertz CT molecular complexity index is 681. The van der Waals surface area contributed by atoms with Gasteiger partial charge in [0.1, 0.15) is 0 Å². The number of hydrogen-bond acceptors (Lipinski definition) is 5. The number of hydrogen-bond donors (Lipinski definition) is 2. The van der Waals surface area contributed by atoms with E-state index in [1.165, 1.54) is 101 Å². The van der Waals surface area contributed by atoms with Crippen LogP contribution in [-0.2, 0) is 14.3 Å². The first kappa shape index (κ1) is 27.7. The van der Waals surface area contributed by atoms with E-state index in [0.29, 0.717) is 5.56 Å². The zero-order valence-electron chi connectivity index (χ0n) is 19.8. The molecule has 0 aliphatic heterocycles. The smallest absolute Gasteiger partial charge is 0.338 e. The number of unbranched alkanes of at least 4 members (excludes halogenated alkanes) is 14. The highest BCUT2D eigenvalue weighted by atomic mass is 16.6. The molecule has 0 radical (unpaired) electrons. The molecular weight excluding hydrogens is 404 g/mol. The highest BCUT2D eigenvalue weighted by molar-refractivity contribution is 5.94. The fourth-order valence-electron chi connectivity index (χ4n) is 3.65. The van der Waals surface area contributed by atoms with Crippen LogP contribution >= 0.6 is 0 Å². The molecule has 5 nitrogen and oxygen atoms in total. The van der Waals surface area contributed by atoms with E-state index < -0.39 is 11.9 Å². The third-order valence-electron chi connectivity index (χ3n) is 5.61. The van der Waals surface area contributed by atoms with Crippen molar-refractivity contribution in [1.82, 2.24) is 0 Å². The van der Waals surface area contributed by atoms with Crippen molar-refractivity contribution in [3.05, 3.63) is 29.8 Å². The molecule has 5 heteroatoms. The molecule has 0 aromatic heterocycles. The van der Waals surface area contributed by atoms with E-state index in [1.54, 1.807) is 0 Å². The Morgan fingerprint density at radius 2 is 1.25 bits per heavy atom. The second-order valence-corrected chi connectivity index (χ2v) is 8.57. The van der Waals surface area contributed by atoms with Crippen LogP contribution in [-0.4, -0.2) is 22.2 Å². The van der Waals surface area contributed by atoms with Gasteiger partial charge in [0.2, 0.25) is 0 Å². The molecule has 0 atom stereocenters. The molecule has 1 aromatic rings. The van der Waals surface area contributed by atoms with E-state index in [-0.39, 0.29) is 17.9 Å². The second-order valence-electron chi connectivity index (χ2n) is 8.57. The normalized spacial score (nSPS) is 11.2. The maximum absolute atomic E-state index is 11.7. The van der Waals surface area contributed by atoms with Crippen molar-refractivity contribution in [2.75, 3.05) is 0 Å². The largest absolute Gasteiger partial charge is 0.504 e. The summed E-state index contributed by atoms with van der Waals surface area (Å²) in [4.78, 5) is 23.4. The van der Waals surface area contributed by atoms with Gasteiger partial charge in [-0.3, -0.25) is 4.79 Å². The predicted molar refractivity (Wildman–Crippen MR) is 129 cm³/mol. The molecule has 0 aliphatic rings. The summed E-state index contributed by atoms with van der Waals surface area (Å²) in [5, 5.41) is 18.7. The Hall–Kier alpha value is -2.30. The highest BCUT2D eigenvalue weighted by Crippen LogP contribution is 2.25. The Morgan fingerprint density at radius 3 is 1.75 bits per heavy atom. The van der Waals surface area contributed by atoms with Crippen molar-refractivity contribution in [3.8, 4) is 11.5 Å². The van der Waals surface area contributed by atoms with E-state index >= 15 is 0 Å². The van der Waals surface area contributed by atoms with Gasteiger partial charge in [0.05, 0.1) is 0 Å². The van der Waals surface area contributed by atoms with Crippen LogP contribution in [0.3, 0.4) is 0 Å². The topological polar surface area (TPSA) is 83.8 Å². The zero-order chi connectivity index (χ0) is 23.4. The van der Waals surface area contributed by atoms with Crippen LogP contribution in [0.1, 0.15) is 115 Å². The molecule has 0 aliphatic carbocycles. The summed E-state index contributed by atoms with van der Waals surface area (Å²) in [5.41, 5.74) is 0.520. The quantitative estimate of drug-likeness (QED) is 0.0804. The fraction of sp³-hybridized carbons (Fsp3) is 0.630. The minimum atomic E-state index is -0.733. The lowest BCUT2D eigenvalue weighted by atomic mass is 10.0. The van der Waals surface area contributed by atoms with Crippen molar-refractivity contribution in [2.45, 2.75) is 110 Å². The molecule has 0 fully saturated rings. The fourth-order valence-corrected chi connectivity index (χ4v) is 3.65. The van der Waals surface area contributed by atoms with Gasteiger partial charge < -0.3 is 14.9 Å². The number of phenols is 2. The SMILES string of the molecule is CCCCCCCCCCCCCCCCCC(=O)OC(=O)/C=C/c1ccc(O)c(O)c1. The van der Waals surface area contributed by atoms with Crippen molar-refractivity contribution < 1.29 is 24.5 Å². The molecule has 0 spiro atoms. The number of ether oxygens (including phenoxy) is 1. The van der Waals surface area contributed by atoms with Crippen molar-refractivity contribution in [1.29, 1.82) is 0 Å². The zero-order valence-corrected chi connectivity index (χ0v) is 19.8. The van der Waals surface area contributed by atoms with Crippen LogP contribution in [0.4, 0.5) is 0 Å². The van der Waals surface area contributed by atoms with Gasteiger partial charge in [0.25, 0.3) is 0 Å². The number of rotatable bonds is 18.